The number of nitrogens with zero attached hydrogens (tertiary/aromatic N) is 4. The molecule has 4 rings (SSSR count). The van der Waals surface area contributed by atoms with Gasteiger partial charge in [0.15, 0.2) is 6.73 Å². The van der Waals surface area contributed by atoms with E-state index in [4.69, 9.17) is 39.5 Å². The predicted molar refractivity (Wildman–Crippen MR) is 122 cm³/mol. The first-order valence-corrected chi connectivity index (χ1v) is 11.0. The smallest absolute Gasteiger partial charge is 0.272 e. The second-order valence-electron chi connectivity index (χ2n) is 7.24. The Morgan fingerprint density at radius 2 is 1.71 bits per heavy atom. The zero-order valence-electron chi connectivity index (χ0n) is 16.7. The van der Waals surface area contributed by atoms with E-state index in [2.05, 4.69) is 10.00 Å². The van der Waals surface area contributed by atoms with Crippen LogP contribution in [-0.2, 0) is 13.3 Å². The van der Waals surface area contributed by atoms with Crippen molar-refractivity contribution in [3.8, 4) is 5.75 Å². The summed E-state index contributed by atoms with van der Waals surface area (Å²) < 4.78 is 7.28. The summed E-state index contributed by atoms with van der Waals surface area (Å²) in [5, 5.41) is 5.85. The maximum absolute atomic E-state index is 13.0. The molecular formula is C22H21Cl3N4O2. The standard InChI is InChI=1S/C22H21Cl3N4O2/c23-17-6-5-16(13-19(17)25)14-27-9-11-28(12-10-27)22(30)20-7-8-26-29(20)15-31-21-4-2-1-3-18(21)24/h1-8,13H,9-12,14-15H2. The number of benzene rings is 2. The molecule has 0 spiro atoms. The van der Waals surface area contributed by atoms with Gasteiger partial charge in [0, 0.05) is 38.9 Å². The number of piperazine rings is 1. The van der Waals surface area contributed by atoms with Crippen molar-refractivity contribution in [1.29, 1.82) is 0 Å². The highest BCUT2D eigenvalue weighted by molar-refractivity contribution is 6.42. The molecule has 0 radical (unpaired) electrons. The molecule has 162 valence electrons. The third-order valence-corrected chi connectivity index (χ3v) is 6.22. The molecule has 1 aromatic heterocycles. The number of ether oxygens (including phenoxy) is 1. The predicted octanol–water partition coefficient (Wildman–Crippen LogP) is 4.84. The van der Waals surface area contributed by atoms with Crippen molar-refractivity contribution in [3.05, 3.63) is 81.1 Å². The second-order valence-corrected chi connectivity index (χ2v) is 8.46. The second kappa shape index (κ2) is 9.92. The quantitative estimate of drug-likeness (QED) is 0.508. The van der Waals surface area contributed by atoms with Crippen LogP contribution >= 0.6 is 34.8 Å². The van der Waals surface area contributed by atoms with Crippen LogP contribution in [0.4, 0.5) is 0 Å². The molecule has 1 amide bonds. The van der Waals surface area contributed by atoms with Crippen LogP contribution in [0.1, 0.15) is 16.1 Å². The van der Waals surface area contributed by atoms with Gasteiger partial charge in [0.25, 0.3) is 5.91 Å². The average molecular weight is 480 g/mol. The summed E-state index contributed by atoms with van der Waals surface area (Å²) in [7, 11) is 0. The van der Waals surface area contributed by atoms with E-state index < -0.39 is 0 Å². The minimum atomic E-state index is -0.0607. The first kappa shape index (κ1) is 22.0. The van der Waals surface area contributed by atoms with Gasteiger partial charge in [0.1, 0.15) is 11.4 Å². The van der Waals surface area contributed by atoms with Crippen LogP contribution < -0.4 is 4.74 Å². The molecule has 0 bridgehead atoms. The van der Waals surface area contributed by atoms with Crippen molar-refractivity contribution in [3.63, 3.8) is 0 Å². The Labute approximate surface area is 195 Å². The lowest BCUT2D eigenvalue weighted by Crippen LogP contribution is -2.48. The van der Waals surface area contributed by atoms with Gasteiger partial charge >= 0.3 is 0 Å². The number of halogens is 3. The van der Waals surface area contributed by atoms with Crippen LogP contribution in [0.5, 0.6) is 5.75 Å². The highest BCUT2D eigenvalue weighted by Gasteiger charge is 2.24. The van der Waals surface area contributed by atoms with Crippen molar-refractivity contribution in [2.75, 3.05) is 26.2 Å². The van der Waals surface area contributed by atoms with Crippen LogP contribution in [0.2, 0.25) is 15.1 Å². The summed E-state index contributed by atoms with van der Waals surface area (Å²) in [4.78, 5) is 17.2. The minimum Gasteiger partial charge on any atom is -0.470 e. The summed E-state index contributed by atoms with van der Waals surface area (Å²) in [6.45, 7) is 3.69. The topological polar surface area (TPSA) is 50.6 Å². The molecule has 3 aromatic rings. The van der Waals surface area contributed by atoms with Gasteiger partial charge in [-0.25, -0.2) is 4.68 Å². The molecule has 0 aliphatic carbocycles. The van der Waals surface area contributed by atoms with Gasteiger partial charge in [-0.3, -0.25) is 9.69 Å². The molecule has 1 fully saturated rings. The van der Waals surface area contributed by atoms with Crippen LogP contribution in [0, 0.1) is 0 Å². The lowest BCUT2D eigenvalue weighted by molar-refractivity contribution is 0.0607. The van der Waals surface area contributed by atoms with Crippen LogP contribution in [0.3, 0.4) is 0 Å². The summed E-state index contributed by atoms with van der Waals surface area (Å²) in [6, 6.07) is 14.6. The maximum atomic E-state index is 13.0. The average Bonchev–Trinajstić information content (AvgIpc) is 3.24. The Morgan fingerprint density at radius 3 is 2.45 bits per heavy atom. The summed E-state index contributed by atoms with van der Waals surface area (Å²) >= 11 is 18.2. The number of carbonyl (C=O) groups is 1. The Kier molecular flexibility index (Phi) is 7.02. The normalized spacial score (nSPS) is 14.6. The first-order valence-electron chi connectivity index (χ1n) is 9.86. The molecular weight excluding hydrogens is 459 g/mol. The summed E-state index contributed by atoms with van der Waals surface area (Å²) in [6.07, 6.45) is 1.60. The Hall–Kier alpha value is -2.25. The Balaban J connectivity index is 1.33. The SMILES string of the molecule is O=C(c1ccnn1COc1ccccc1Cl)N1CCN(Cc2ccc(Cl)c(Cl)c2)CC1. The highest BCUT2D eigenvalue weighted by Crippen LogP contribution is 2.24. The number of aromatic nitrogens is 2. The molecule has 9 heteroatoms. The van der Waals surface area contributed by atoms with Gasteiger partial charge in [-0.15, -0.1) is 0 Å². The molecule has 1 aliphatic heterocycles. The van der Waals surface area contributed by atoms with E-state index in [1.165, 1.54) is 0 Å². The number of carbonyl (C=O) groups excluding carboxylic acids is 1. The number of hydrogen-bond acceptors (Lipinski definition) is 4. The van der Waals surface area contributed by atoms with E-state index in [0.717, 1.165) is 25.2 Å². The van der Waals surface area contributed by atoms with E-state index in [1.54, 1.807) is 29.1 Å². The van der Waals surface area contributed by atoms with E-state index in [-0.39, 0.29) is 12.6 Å². The molecule has 0 unspecified atom stereocenters. The van der Waals surface area contributed by atoms with Crippen molar-refractivity contribution in [2.24, 2.45) is 0 Å². The Bertz CT molecular complexity index is 1060. The van der Waals surface area contributed by atoms with Gasteiger partial charge in [-0.1, -0.05) is 53.0 Å². The third-order valence-electron chi connectivity index (χ3n) is 5.16. The monoisotopic (exact) mass is 478 g/mol. The summed E-state index contributed by atoms with van der Waals surface area (Å²) in [5.74, 6) is 0.489. The molecule has 6 nitrogen and oxygen atoms in total. The van der Waals surface area contributed by atoms with Gasteiger partial charge in [-0.05, 0) is 35.9 Å². The van der Waals surface area contributed by atoms with Gasteiger partial charge in [0.05, 0.1) is 15.1 Å². The third kappa shape index (κ3) is 5.33. The fourth-order valence-electron chi connectivity index (χ4n) is 3.48. The van der Waals surface area contributed by atoms with Crippen molar-refractivity contribution < 1.29 is 9.53 Å². The summed E-state index contributed by atoms with van der Waals surface area (Å²) in [5.41, 5.74) is 1.59. The van der Waals surface area contributed by atoms with E-state index in [9.17, 15) is 4.79 Å². The van der Waals surface area contributed by atoms with Gasteiger partial charge < -0.3 is 9.64 Å². The van der Waals surface area contributed by atoms with E-state index in [0.29, 0.717) is 39.6 Å². The van der Waals surface area contributed by atoms with Crippen molar-refractivity contribution in [1.82, 2.24) is 19.6 Å². The number of rotatable bonds is 6. The van der Waals surface area contributed by atoms with Crippen LogP contribution in [0.15, 0.2) is 54.7 Å². The van der Waals surface area contributed by atoms with E-state index in [1.807, 2.05) is 35.2 Å². The Morgan fingerprint density at radius 1 is 0.935 bits per heavy atom. The van der Waals surface area contributed by atoms with Crippen LogP contribution in [0.25, 0.3) is 0 Å². The van der Waals surface area contributed by atoms with Crippen molar-refractivity contribution in [2.45, 2.75) is 13.3 Å². The fraction of sp³-hybridized carbons (Fsp3) is 0.273. The molecule has 31 heavy (non-hydrogen) atoms. The van der Waals surface area contributed by atoms with Gasteiger partial charge in [0.2, 0.25) is 0 Å². The lowest BCUT2D eigenvalue weighted by atomic mass is 10.2. The van der Waals surface area contributed by atoms with Gasteiger partial charge in [-0.2, -0.15) is 5.10 Å². The first-order chi connectivity index (χ1) is 15.0. The largest absolute Gasteiger partial charge is 0.470 e. The number of amides is 1. The highest BCUT2D eigenvalue weighted by atomic mass is 35.5. The molecule has 0 N–H and O–H groups in total. The van der Waals surface area contributed by atoms with Crippen molar-refractivity contribution >= 4 is 40.7 Å². The minimum absolute atomic E-state index is 0.0607. The number of para-hydroxylation sites is 1. The molecule has 0 saturated carbocycles. The van der Waals surface area contributed by atoms with Crippen LogP contribution in [-0.4, -0.2) is 51.7 Å². The molecule has 0 atom stereocenters. The zero-order valence-corrected chi connectivity index (χ0v) is 18.9. The fourth-order valence-corrected chi connectivity index (χ4v) is 3.99. The lowest BCUT2D eigenvalue weighted by Gasteiger charge is -2.34. The van der Waals surface area contributed by atoms with E-state index >= 15 is 0 Å². The maximum Gasteiger partial charge on any atom is 0.272 e. The molecule has 2 heterocycles. The molecule has 2 aromatic carbocycles. The molecule has 1 saturated heterocycles. The number of hydrogen-bond donors (Lipinski definition) is 0. The zero-order chi connectivity index (χ0) is 21.8. The molecule has 1 aliphatic rings.